The summed E-state index contributed by atoms with van der Waals surface area (Å²) in [5.41, 5.74) is 2.74. The maximum atomic E-state index is 11.1. The van der Waals surface area contributed by atoms with Gasteiger partial charge in [-0.15, -0.1) is 0 Å². The predicted octanol–water partition coefficient (Wildman–Crippen LogP) is 2.11. The Bertz CT molecular complexity index is 599. The molecule has 1 atom stereocenters. The second-order valence-corrected chi connectivity index (χ2v) is 5.85. The van der Waals surface area contributed by atoms with Crippen LogP contribution in [0.5, 0.6) is 0 Å². The number of hydrogen-bond donors (Lipinski definition) is 2. The van der Waals surface area contributed by atoms with Crippen LogP contribution >= 0.6 is 0 Å². The Morgan fingerprint density at radius 1 is 1.10 bits per heavy atom. The topological polar surface area (TPSA) is 35.5 Å². The van der Waals surface area contributed by atoms with Crippen molar-refractivity contribution in [2.24, 2.45) is 0 Å². The summed E-state index contributed by atoms with van der Waals surface area (Å²) in [4.78, 5) is 2.31. The van der Waals surface area contributed by atoms with Crippen LogP contribution in [0, 0.1) is 0 Å². The first-order valence-corrected chi connectivity index (χ1v) is 7.43. The van der Waals surface area contributed by atoms with Crippen molar-refractivity contribution in [3.8, 4) is 0 Å². The number of rotatable bonds is 4. The van der Waals surface area contributed by atoms with Gasteiger partial charge in [-0.2, -0.15) is 0 Å². The first-order valence-electron chi connectivity index (χ1n) is 7.43. The Morgan fingerprint density at radius 2 is 1.81 bits per heavy atom. The summed E-state index contributed by atoms with van der Waals surface area (Å²) in [7, 11) is 1.89. The number of hydrogen-bond acceptors (Lipinski definition) is 3. The van der Waals surface area contributed by atoms with E-state index in [4.69, 9.17) is 0 Å². The van der Waals surface area contributed by atoms with E-state index >= 15 is 0 Å². The van der Waals surface area contributed by atoms with Crippen molar-refractivity contribution in [3.63, 3.8) is 0 Å². The van der Waals surface area contributed by atoms with Gasteiger partial charge in [-0.25, -0.2) is 0 Å². The SMILES string of the molecule is CNCC1(O)CN(Cc2ccccc2)Cc2ccccc21. The Kier molecular flexibility index (Phi) is 4.06. The molecular weight excluding hydrogens is 260 g/mol. The summed E-state index contributed by atoms with van der Waals surface area (Å²) >= 11 is 0. The van der Waals surface area contributed by atoms with Crippen LogP contribution in [-0.2, 0) is 18.7 Å². The molecule has 2 N–H and O–H groups in total. The highest BCUT2D eigenvalue weighted by molar-refractivity contribution is 5.35. The number of fused-ring (bicyclic) bond motifs is 1. The Hall–Kier alpha value is -1.68. The maximum Gasteiger partial charge on any atom is 0.115 e. The lowest BCUT2D eigenvalue weighted by atomic mass is 9.85. The zero-order chi connectivity index (χ0) is 14.7. The van der Waals surface area contributed by atoms with Crippen molar-refractivity contribution in [2.45, 2.75) is 18.7 Å². The number of benzene rings is 2. The monoisotopic (exact) mass is 282 g/mol. The molecule has 1 aliphatic rings. The van der Waals surface area contributed by atoms with Crippen molar-refractivity contribution in [3.05, 3.63) is 71.3 Å². The van der Waals surface area contributed by atoms with Gasteiger partial charge in [0, 0.05) is 26.2 Å². The van der Waals surface area contributed by atoms with Gasteiger partial charge in [0.05, 0.1) is 0 Å². The number of likely N-dealkylation sites (N-methyl/N-ethyl adjacent to an activating group) is 1. The average molecular weight is 282 g/mol. The third-order valence-electron chi connectivity index (χ3n) is 4.12. The highest BCUT2D eigenvalue weighted by Crippen LogP contribution is 2.32. The summed E-state index contributed by atoms with van der Waals surface area (Å²) in [5, 5.41) is 14.2. The smallest absolute Gasteiger partial charge is 0.115 e. The number of β-amino-alcohol motifs (C(OH)–C–C–N with tert-alkyl or cyclic N) is 1. The molecule has 21 heavy (non-hydrogen) atoms. The minimum Gasteiger partial charge on any atom is -0.382 e. The minimum atomic E-state index is -0.821. The molecule has 2 aromatic rings. The fourth-order valence-electron chi connectivity index (χ4n) is 3.26. The van der Waals surface area contributed by atoms with Crippen molar-refractivity contribution < 1.29 is 5.11 Å². The van der Waals surface area contributed by atoms with Crippen molar-refractivity contribution in [1.82, 2.24) is 10.2 Å². The van der Waals surface area contributed by atoms with Crippen molar-refractivity contribution in [1.29, 1.82) is 0 Å². The molecule has 1 unspecified atom stereocenters. The molecular formula is C18H22N2O. The number of aliphatic hydroxyl groups is 1. The van der Waals surface area contributed by atoms with Gasteiger partial charge < -0.3 is 10.4 Å². The molecule has 110 valence electrons. The Balaban J connectivity index is 1.87. The van der Waals surface area contributed by atoms with Crippen LogP contribution < -0.4 is 5.32 Å². The molecule has 0 bridgehead atoms. The van der Waals surface area contributed by atoms with Gasteiger partial charge in [-0.3, -0.25) is 4.90 Å². The van der Waals surface area contributed by atoms with E-state index in [1.54, 1.807) is 0 Å². The van der Waals surface area contributed by atoms with E-state index in [2.05, 4.69) is 40.5 Å². The van der Waals surface area contributed by atoms with Crippen LogP contribution in [-0.4, -0.2) is 30.1 Å². The molecule has 1 aliphatic heterocycles. The molecule has 0 aromatic heterocycles. The molecule has 0 amide bonds. The summed E-state index contributed by atoms with van der Waals surface area (Å²) in [6, 6.07) is 18.7. The Morgan fingerprint density at radius 3 is 2.57 bits per heavy atom. The summed E-state index contributed by atoms with van der Waals surface area (Å²) in [6.45, 7) is 2.97. The van der Waals surface area contributed by atoms with Gasteiger partial charge in [0.15, 0.2) is 0 Å². The van der Waals surface area contributed by atoms with Crippen molar-refractivity contribution >= 4 is 0 Å². The van der Waals surface area contributed by atoms with Crippen molar-refractivity contribution in [2.75, 3.05) is 20.1 Å². The molecule has 0 saturated heterocycles. The number of nitrogens with zero attached hydrogens (tertiary/aromatic N) is 1. The fourth-order valence-corrected chi connectivity index (χ4v) is 3.26. The average Bonchev–Trinajstić information content (AvgIpc) is 2.48. The molecule has 1 heterocycles. The van der Waals surface area contributed by atoms with Gasteiger partial charge in [0.1, 0.15) is 5.60 Å². The molecule has 2 aromatic carbocycles. The molecule has 3 heteroatoms. The predicted molar refractivity (Wildman–Crippen MR) is 84.8 cm³/mol. The summed E-state index contributed by atoms with van der Waals surface area (Å²) in [5.74, 6) is 0. The van der Waals surface area contributed by atoms with E-state index in [1.165, 1.54) is 11.1 Å². The van der Waals surface area contributed by atoms with E-state index in [0.717, 1.165) is 18.7 Å². The van der Waals surface area contributed by atoms with Crippen LogP contribution in [0.15, 0.2) is 54.6 Å². The van der Waals surface area contributed by atoms with Gasteiger partial charge in [0.2, 0.25) is 0 Å². The van der Waals surface area contributed by atoms with E-state index in [9.17, 15) is 5.11 Å². The maximum absolute atomic E-state index is 11.1. The molecule has 0 fully saturated rings. The molecule has 0 spiro atoms. The highest BCUT2D eigenvalue weighted by Gasteiger charge is 2.36. The molecule has 0 saturated carbocycles. The second-order valence-electron chi connectivity index (χ2n) is 5.85. The first kappa shape index (κ1) is 14.3. The van der Waals surface area contributed by atoms with E-state index in [1.807, 2.05) is 31.3 Å². The number of nitrogens with one attached hydrogen (secondary N) is 1. The van der Waals surface area contributed by atoms with Crippen LogP contribution in [0.2, 0.25) is 0 Å². The lowest BCUT2D eigenvalue weighted by molar-refractivity contribution is -0.0168. The lowest BCUT2D eigenvalue weighted by Crippen LogP contribution is -2.50. The summed E-state index contributed by atoms with van der Waals surface area (Å²) in [6.07, 6.45) is 0. The van der Waals surface area contributed by atoms with Crippen LogP contribution in [0.4, 0.5) is 0 Å². The van der Waals surface area contributed by atoms with Crippen LogP contribution in [0.3, 0.4) is 0 Å². The summed E-state index contributed by atoms with van der Waals surface area (Å²) < 4.78 is 0. The molecule has 0 aliphatic carbocycles. The van der Waals surface area contributed by atoms with E-state index < -0.39 is 5.60 Å². The molecule has 3 rings (SSSR count). The molecule has 3 nitrogen and oxygen atoms in total. The highest BCUT2D eigenvalue weighted by atomic mass is 16.3. The third kappa shape index (κ3) is 3.00. The van der Waals surface area contributed by atoms with E-state index in [-0.39, 0.29) is 0 Å². The second kappa shape index (κ2) is 5.98. The van der Waals surface area contributed by atoms with Gasteiger partial charge in [0.25, 0.3) is 0 Å². The van der Waals surface area contributed by atoms with Gasteiger partial charge >= 0.3 is 0 Å². The molecule has 0 radical (unpaired) electrons. The van der Waals surface area contributed by atoms with Crippen LogP contribution in [0.25, 0.3) is 0 Å². The minimum absolute atomic E-state index is 0.565. The Labute approximate surface area is 126 Å². The normalized spacial score (nSPS) is 22.0. The fraction of sp³-hybridized carbons (Fsp3) is 0.333. The van der Waals surface area contributed by atoms with Gasteiger partial charge in [-0.1, -0.05) is 54.6 Å². The third-order valence-corrected chi connectivity index (χ3v) is 4.12. The zero-order valence-corrected chi connectivity index (χ0v) is 12.4. The zero-order valence-electron chi connectivity index (χ0n) is 12.4. The van der Waals surface area contributed by atoms with Crippen LogP contribution in [0.1, 0.15) is 16.7 Å². The van der Waals surface area contributed by atoms with E-state index in [0.29, 0.717) is 13.1 Å². The lowest BCUT2D eigenvalue weighted by Gasteiger charge is -2.41. The first-order chi connectivity index (χ1) is 10.2. The van der Waals surface area contributed by atoms with Gasteiger partial charge in [-0.05, 0) is 23.7 Å². The largest absolute Gasteiger partial charge is 0.382 e. The standard InChI is InChI=1S/C18H22N2O/c1-19-13-18(21)14-20(11-15-7-3-2-4-8-15)12-16-9-5-6-10-17(16)18/h2-10,19,21H,11-14H2,1H3. The quantitative estimate of drug-likeness (QED) is 0.901.